The van der Waals surface area contributed by atoms with Gasteiger partial charge >= 0.3 is 0 Å². The van der Waals surface area contributed by atoms with Crippen molar-refractivity contribution in [3.8, 4) is 0 Å². The first-order valence-electron chi connectivity index (χ1n) is 7.64. The van der Waals surface area contributed by atoms with Crippen LogP contribution in [0, 0.1) is 0 Å². The molecule has 0 spiro atoms. The summed E-state index contributed by atoms with van der Waals surface area (Å²) in [7, 11) is 0. The van der Waals surface area contributed by atoms with Crippen LogP contribution in [0.15, 0.2) is 0 Å². The lowest BCUT2D eigenvalue weighted by Crippen LogP contribution is -2.51. The molecule has 0 aromatic heterocycles. The number of hydrogen-bond donors (Lipinski definition) is 1. The predicted octanol–water partition coefficient (Wildman–Crippen LogP) is 2.41. The summed E-state index contributed by atoms with van der Waals surface area (Å²) < 4.78 is 5.53. The Hall–Kier alpha value is -0.120. The Balaban J connectivity index is 1.72. The Morgan fingerprint density at radius 3 is 2.28 bits per heavy atom. The van der Waals surface area contributed by atoms with Gasteiger partial charge in [-0.1, -0.05) is 0 Å². The third-order valence-electron chi connectivity index (χ3n) is 4.37. The van der Waals surface area contributed by atoms with Crippen LogP contribution in [0.1, 0.15) is 52.9 Å². The van der Waals surface area contributed by atoms with Crippen LogP contribution in [0.4, 0.5) is 0 Å². The fourth-order valence-corrected chi connectivity index (χ4v) is 3.12. The molecule has 1 unspecified atom stereocenters. The Kier molecular flexibility index (Phi) is 5.05. The smallest absolute Gasteiger partial charge is 0.0480 e. The minimum Gasteiger partial charge on any atom is -0.381 e. The minimum atomic E-state index is 0.334. The van der Waals surface area contributed by atoms with E-state index in [0.717, 1.165) is 19.3 Å². The number of hydrogen-bond acceptors (Lipinski definition) is 3. The summed E-state index contributed by atoms with van der Waals surface area (Å²) in [5.41, 5.74) is 0.334. The van der Waals surface area contributed by atoms with Crippen LogP contribution in [-0.2, 0) is 4.74 Å². The molecule has 3 heteroatoms. The molecule has 0 saturated carbocycles. The van der Waals surface area contributed by atoms with E-state index in [-0.39, 0.29) is 0 Å². The van der Waals surface area contributed by atoms with Crippen molar-refractivity contribution in [2.24, 2.45) is 0 Å². The van der Waals surface area contributed by atoms with Crippen molar-refractivity contribution in [3.63, 3.8) is 0 Å². The van der Waals surface area contributed by atoms with Crippen molar-refractivity contribution >= 4 is 0 Å². The third kappa shape index (κ3) is 4.22. The van der Waals surface area contributed by atoms with Crippen LogP contribution in [0.25, 0.3) is 0 Å². The van der Waals surface area contributed by atoms with Crippen LogP contribution >= 0.6 is 0 Å². The number of likely N-dealkylation sites (tertiary alicyclic amines) is 1. The summed E-state index contributed by atoms with van der Waals surface area (Å²) in [6, 6.07) is 1.42. The van der Waals surface area contributed by atoms with Crippen molar-refractivity contribution < 1.29 is 4.74 Å². The molecule has 0 amide bonds. The van der Waals surface area contributed by atoms with Crippen LogP contribution in [0.2, 0.25) is 0 Å². The van der Waals surface area contributed by atoms with E-state index in [4.69, 9.17) is 4.74 Å². The van der Waals surface area contributed by atoms with Crippen molar-refractivity contribution in [1.29, 1.82) is 0 Å². The lowest BCUT2D eigenvalue weighted by atomic mass is 9.97. The van der Waals surface area contributed by atoms with Crippen molar-refractivity contribution in [2.75, 3.05) is 26.3 Å². The molecule has 0 aromatic carbocycles. The van der Waals surface area contributed by atoms with E-state index in [9.17, 15) is 0 Å². The van der Waals surface area contributed by atoms with Gasteiger partial charge in [0.15, 0.2) is 0 Å². The van der Waals surface area contributed by atoms with Gasteiger partial charge in [0.1, 0.15) is 0 Å². The van der Waals surface area contributed by atoms with Gasteiger partial charge in [0.25, 0.3) is 0 Å². The van der Waals surface area contributed by atoms with Crippen LogP contribution < -0.4 is 5.32 Å². The molecular weight excluding hydrogens is 224 g/mol. The standard InChI is InChI=1S/C15H30N2O/c1-15(2,3)17-9-6-14(7-10-17)16-13-5-4-11-18-12-8-13/h13-14,16H,4-12H2,1-3H3. The Morgan fingerprint density at radius 2 is 1.61 bits per heavy atom. The predicted molar refractivity (Wildman–Crippen MR) is 75.9 cm³/mol. The van der Waals surface area contributed by atoms with Gasteiger partial charge in [-0.2, -0.15) is 0 Å². The average molecular weight is 254 g/mol. The molecular formula is C15H30N2O. The Labute approximate surface area is 112 Å². The number of nitrogens with one attached hydrogen (secondary N) is 1. The molecule has 2 saturated heterocycles. The molecule has 2 rings (SSSR count). The molecule has 3 nitrogen and oxygen atoms in total. The van der Waals surface area contributed by atoms with E-state index >= 15 is 0 Å². The molecule has 0 radical (unpaired) electrons. The van der Waals surface area contributed by atoms with E-state index < -0.39 is 0 Å². The molecule has 1 atom stereocenters. The highest BCUT2D eigenvalue weighted by Crippen LogP contribution is 2.21. The summed E-state index contributed by atoms with van der Waals surface area (Å²) in [6.45, 7) is 11.4. The Morgan fingerprint density at radius 1 is 0.944 bits per heavy atom. The molecule has 0 bridgehead atoms. The van der Waals surface area contributed by atoms with Crippen molar-refractivity contribution in [1.82, 2.24) is 10.2 Å². The van der Waals surface area contributed by atoms with E-state index in [1.807, 2.05) is 0 Å². The lowest BCUT2D eigenvalue weighted by molar-refractivity contribution is 0.0925. The van der Waals surface area contributed by atoms with Gasteiger partial charge in [0.05, 0.1) is 0 Å². The molecule has 1 N–H and O–H groups in total. The summed E-state index contributed by atoms with van der Waals surface area (Å²) in [6.07, 6.45) is 6.31. The number of nitrogens with zero attached hydrogens (tertiary/aromatic N) is 1. The highest BCUT2D eigenvalue weighted by Gasteiger charge is 2.27. The second-order valence-corrected chi connectivity index (χ2v) is 6.84. The van der Waals surface area contributed by atoms with Gasteiger partial charge in [0.2, 0.25) is 0 Å². The fourth-order valence-electron chi connectivity index (χ4n) is 3.12. The zero-order valence-corrected chi connectivity index (χ0v) is 12.4. The SMILES string of the molecule is CC(C)(C)N1CCC(NC2CCCOCC2)CC1. The van der Waals surface area contributed by atoms with Gasteiger partial charge in [-0.15, -0.1) is 0 Å². The highest BCUT2D eigenvalue weighted by molar-refractivity contribution is 4.86. The molecule has 0 aliphatic carbocycles. The van der Waals surface area contributed by atoms with Gasteiger partial charge in [-0.25, -0.2) is 0 Å². The monoisotopic (exact) mass is 254 g/mol. The summed E-state index contributed by atoms with van der Waals surface area (Å²) in [4.78, 5) is 2.61. The normalized spacial score (nSPS) is 29.2. The van der Waals surface area contributed by atoms with Crippen molar-refractivity contribution in [2.45, 2.75) is 70.5 Å². The fraction of sp³-hybridized carbons (Fsp3) is 1.00. The lowest BCUT2D eigenvalue weighted by Gasteiger charge is -2.41. The number of piperidine rings is 1. The maximum atomic E-state index is 5.53. The molecule has 2 fully saturated rings. The van der Waals surface area contributed by atoms with Crippen molar-refractivity contribution in [3.05, 3.63) is 0 Å². The van der Waals surface area contributed by atoms with E-state index in [2.05, 4.69) is 31.0 Å². The molecule has 18 heavy (non-hydrogen) atoms. The molecule has 2 heterocycles. The molecule has 0 aromatic rings. The maximum Gasteiger partial charge on any atom is 0.0480 e. The second-order valence-electron chi connectivity index (χ2n) is 6.84. The second kappa shape index (κ2) is 6.36. The zero-order chi connectivity index (χ0) is 13.0. The minimum absolute atomic E-state index is 0.334. The largest absolute Gasteiger partial charge is 0.381 e. The average Bonchev–Trinajstić information content (AvgIpc) is 2.57. The number of ether oxygens (including phenoxy) is 1. The summed E-state index contributed by atoms with van der Waals surface area (Å²) in [5.74, 6) is 0. The first-order chi connectivity index (χ1) is 8.55. The topological polar surface area (TPSA) is 24.5 Å². The molecule has 2 aliphatic rings. The quantitative estimate of drug-likeness (QED) is 0.819. The Bertz CT molecular complexity index is 233. The van der Waals surface area contributed by atoms with Gasteiger partial charge in [0, 0.05) is 43.9 Å². The molecule has 106 valence electrons. The van der Waals surface area contributed by atoms with Gasteiger partial charge in [-0.3, -0.25) is 4.90 Å². The van der Waals surface area contributed by atoms with E-state index in [1.54, 1.807) is 0 Å². The maximum absolute atomic E-state index is 5.53. The van der Waals surface area contributed by atoms with Crippen LogP contribution in [-0.4, -0.2) is 48.8 Å². The number of rotatable bonds is 2. The third-order valence-corrected chi connectivity index (χ3v) is 4.37. The van der Waals surface area contributed by atoms with Gasteiger partial charge in [-0.05, 0) is 52.9 Å². The van der Waals surface area contributed by atoms with Crippen LogP contribution in [0.3, 0.4) is 0 Å². The highest BCUT2D eigenvalue weighted by atomic mass is 16.5. The zero-order valence-electron chi connectivity index (χ0n) is 12.4. The van der Waals surface area contributed by atoms with E-state index in [0.29, 0.717) is 11.6 Å². The van der Waals surface area contributed by atoms with E-state index in [1.165, 1.54) is 45.2 Å². The summed E-state index contributed by atoms with van der Waals surface area (Å²) in [5, 5.41) is 3.86. The van der Waals surface area contributed by atoms with Gasteiger partial charge < -0.3 is 10.1 Å². The first kappa shape index (κ1) is 14.3. The molecule has 2 aliphatic heterocycles. The summed E-state index contributed by atoms with van der Waals surface area (Å²) >= 11 is 0. The first-order valence-corrected chi connectivity index (χ1v) is 7.64. The van der Waals surface area contributed by atoms with Crippen LogP contribution in [0.5, 0.6) is 0 Å².